The molecule has 0 aliphatic rings. The summed E-state index contributed by atoms with van der Waals surface area (Å²) in [5.41, 5.74) is 3.89. The Bertz CT molecular complexity index is 492. The Morgan fingerprint density at radius 2 is 2.22 bits per heavy atom. The van der Waals surface area contributed by atoms with E-state index in [1.807, 2.05) is 16.4 Å². The first-order chi connectivity index (χ1) is 8.76. The van der Waals surface area contributed by atoms with Gasteiger partial charge in [0.15, 0.2) is 0 Å². The zero-order valence-electron chi connectivity index (χ0n) is 10.6. The summed E-state index contributed by atoms with van der Waals surface area (Å²) in [5, 5.41) is 8.68. The minimum atomic E-state index is 0.734. The number of aryl methyl sites for hydroxylation is 2. The van der Waals surface area contributed by atoms with Crippen LogP contribution in [0.1, 0.15) is 30.1 Å². The molecule has 0 fully saturated rings. The second-order valence-corrected chi connectivity index (χ2v) is 5.30. The van der Waals surface area contributed by atoms with Crippen molar-refractivity contribution in [2.45, 2.75) is 39.9 Å². The van der Waals surface area contributed by atoms with Crippen molar-refractivity contribution in [2.24, 2.45) is 0 Å². The van der Waals surface area contributed by atoms with Gasteiger partial charge < -0.3 is 5.32 Å². The minimum Gasteiger partial charge on any atom is -0.306 e. The average molecular weight is 285 g/mol. The van der Waals surface area contributed by atoms with Crippen LogP contribution in [0.4, 0.5) is 0 Å². The van der Waals surface area contributed by atoms with Crippen LogP contribution in [0.2, 0.25) is 5.02 Å². The van der Waals surface area contributed by atoms with E-state index in [-0.39, 0.29) is 0 Å². The van der Waals surface area contributed by atoms with Gasteiger partial charge in [-0.2, -0.15) is 5.10 Å². The highest BCUT2D eigenvalue weighted by Crippen LogP contribution is 2.21. The van der Waals surface area contributed by atoms with Crippen LogP contribution in [0.25, 0.3) is 0 Å². The normalized spacial score (nSPS) is 11.1. The maximum absolute atomic E-state index is 6.34. The first kappa shape index (κ1) is 13.5. The number of halogens is 1. The number of aromatic nitrogens is 3. The fourth-order valence-electron chi connectivity index (χ4n) is 1.82. The van der Waals surface area contributed by atoms with E-state index in [1.165, 1.54) is 4.88 Å². The highest BCUT2D eigenvalue weighted by molar-refractivity contribution is 7.09. The topological polar surface area (TPSA) is 42.7 Å². The summed E-state index contributed by atoms with van der Waals surface area (Å²) in [6.07, 6.45) is 2.75. The number of rotatable bonds is 6. The second kappa shape index (κ2) is 6.31. The summed E-state index contributed by atoms with van der Waals surface area (Å²) >= 11 is 7.99. The number of nitrogens with zero attached hydrogens (tertiary/aromatic N) is 3. The van der Waals surface area contributed by atoms with E-state index < -0.39 is 0 Å². The first-order valence-corrected chi connectivity index (χ1v) is 7.34. The van der Waals surface area contributed by atoms with Gasteiger partial charge in [-0.25, -0.2) is 0 Å². The third-order valence-electron chi connectivity index (χ3n) is 2.77. The monoisotopic (exact) mass is 284 g/mol. The van der Waals surface area contributed by atoms with Crippen LogP contribution in [0.15, 0.2) is 11.7 Å². The first-order valence-electron chi connectivity index (χ1n) is 6.08. The molecule has 2 rings (SSSR count). The summed E-state index contributed by atoms with van der Waals surface area (Å²) in [4.78, 5) is 5.28. The Morgan fingerprint density at radius 3 is 2.83 bits per heavy atom. The summed E-state index contributed by atoms with van der Waals surface area (Å²) in [7, 11) is 0. The lowest BCUT2D eigenvalue weighted by Gasteiger charge is -2.06. The van der Waals surface area contributed by atoms with Gasteiger partial charge >= 0.3 is 0 Å². The fourth-order valence-corrected chi connectivity index (χ4v) is 2.72. The van der Waals surface area contributed by atoms with Gasteiger partial charge in [0.2, 0.25) is 0 Å². The van der Waals surface area contributed by atoms with Crippen molar-refractivity contribution in [3.63, 3.8) is 0 Å². The molecule has 0 aromatic carbocycles. The van der Waals surface area contributed by atoms with E-state index in [4.69, 9.17) is 11.6 Å². The van der Waals surface area contributed by atoms with Gasteiger partial charge in [0.25, 0.3) is 0 Å². The Morgan fingerprint density at radius 1 is 1.39 bits per heavy atom. The minimum absolute atomic E-state index is 0.734. The van der Waals surface area contributed by atoms with Crippen molar-refractivity contribution < 1.29 is 0 Å². The van der Waals surface area contributed by atoms with E-state index in [2.05, 4.69) is 29.2 Å². The van der Waals surface area contributed by atoms with Crippen LogP contribution < -0.4 is 5.32 Å². The molecule has 0 atom stereocenters. The van der Waals surface area contributed by atoms with E-state index in [1.54, 1.807) is 11.3 Å². The molecule has 6 heteroatoms. The second-order valence-electron chi connectivity index (χ2n) is 3.95. The molecule has 0 amide bonds. The molecule has 4 nitrogen and oxygen atoms in total. The smallest absolute Gasteiger partial charge is 0.0863 e. The lowest BCUT2D eigenvalue weighted by Crippen LogP contribution is -2.15. The van der Waals surface area contributed by atoms with Gasteiger partial charge in [0.05, 0.1) is 21.9 Å². The molecule has 0 radical (unpaired) electrons. The van der Waals surface area contributed by atoms with Crippen LogP contribution in [0.5, 0.6) is 0 Å². The highest BCUT2D eigenvalue weighted by Gasteiger charge is 2.13. The maximum atomic E-state index is 6.34. The van der Waals surface area contributed by atoms with Crippen molar-refractivity contribution >= 4 is 22.9 Å². The van der Waals surface area contributed by atoms with Crippen molar-refractivity contribution in [1.82, 2.24) is 20.1 Å². The zero-order chi connectivity index (χ0) is 13.0. The number of nitrogens with one attached hydrogen (secondary N) is 1. The van der Waals surface area contributed by atoms with Crippen LogP contribution in [0.3, 0.4) is 0 Å². The molecule has 2 aromatic rings. The summed E-state index contributed by atoms with van der Waals surface area (Å²) in [6, 6.07) is 0. The number of thiazole rings is 1. The Kier molecular flexibility index (Phi) is 4.74. The van der Waals surface area contributed by atoms with Crippen LogP contribution in [0, 0.1) is 0 Å². The third kappa shape index (κ3) is 2.91. The molecular weight excluding hydrogens is 268 g/mol. The van der Waals surface area contributed by atoms with Gasteiger partial charge in [-0.15, -0.1) is 11.3 Å². The van der Waals surface area contributed by atoms with E-state index >= 15 is 0 Å². The van der Waals surface area contributed by atoms with Crippen molar-refractivity contribution in [3.05, 3.63) is 33.0 Å². The zero-order valence-corrected chi connectivity index (χ0v) is 12.2. The van der Waals surface area contributed by atoms with Gasteiger partial charge in [-0.1, -0.05) is 18.5 Å². The Hall–Kier alpha value is -0.910. The fraction of sp³-hybridized carbons (Fsp3) is 0.500. The van der Waals surface area contributed by atoms with E-state index in [0.29, 0.717) is 0 Å². The summed E-state index contributed by atoms with van der Waals surface area (Å²) < 4.78 is 1.97. The lowest BCUT2D eigenvalue weighted by atomic mass is 10.3. The third-order valence-corrected chi connectivity index (χ3v) is 3.99. The molecule has 0 saturated heterocycles. The maximum Gasteiger partial charge on any atom is 0.0863 e. The van der Waals surface area contributed by atoms with Crippen LogP contribution >= 0.6 is 22.9 Å². The molecular formula is C12H17ClN4S. The average Bonchev–Trinajstić information content (AvgIpc) is 2.99. The predicted molar refractivity (Wildman–Crippen MR) is 74.9 cm³/mol. The highest BCUT2D eigenvalue weighted by atomic mass is 35.5. The molecule has 2 heterocycles. The summed E-state index contributed by atoms with van der Waals surface area (Å²) in [5.74, 6) is 0. The number of hydrogen-bond donors (Lipinski definition) is 1. The largest absolute Gasteiger partial charge is 0.306 e. The Labute approximate surface area is 116 Å². The predicted octanol–water partition coefficient (Wildman–Crippen LogP) is 2.87. The molecule has 0 bridgehead atoms. The lowest BCUT2D eigenvalue weighted by molar-refractivity contribution is 0.579. The van der Waals surface area contributed by atoms with Gasteiger partial charge in [-0.3, -0.25) is 9.67 Å². The van der Waals surface area contributed by atoms with Gasteiger partial charge in [0, 0.05) is 30.7 Å². The Balaban J connectivity index is 2.01. The molecule has 0 unspecified atom stereocenters. The van der Waals surface area contributed by atoms with E-state index in [9.17, 15) is 0 Å². The van der Waals surface area contributed by atoms with Gasteiger partial charge in [-0.05, 0) is 13.3 Å². The molecule has 2 aromatic heterocycles. The van der Waals surface area contributed by atoms with Crippen LogP contribution in [-0.2, 0) is 26.1 Å². The van der Waals surface area contributed by atoms with E-state index in [0.717, 1.165) is 42.5 Å². The molecule has 0 saturated carbocycles. The molecule has 0 aliphatic carbocycles. The quantitative estimate of drug-likeness (QED) is 0.887. The van der Waals surface area contributed by atoms with Crippen molar-refractivity contribution in [1.29, 1.82) is 0 Å². The SMILES string of the molecule is CCc1nn(CC)c(CNCc2cncs2)c1Cl. The molecule has 0 spiro atoms. The molecule has 0 aliphatic heterocycles. The number of hydrogen-bond acceptors (Lipinski definition) is 4. The molecule has 1 N–H and O–H groups in total. The standard InChI is InChI=1S/C12H17ClN4S/c1-3-10-12(13)11(17(4-2)16-10)7-14-5-9-6-15-8-18-9/h6,8,14H,3-5,7H2,1-2H3. The van der Waals surface area contributed by atoms with Crippen molar-refractivity contribution in [2.75, 3.05) is 0 Å². The van der Waals surface area contributed by atoms with Crippen LogP contribution in [-0.4, -0.2) is 14.8 Å². The summed E-state index contributed by atoms with van der Waals surface area (Å²) in [6.45, 7) is 6.55. The molecule has 98 valence electrons. The molecule has 18 heavy (non-hydrogen) atoms. The van der Waals surface area contributed by atoms with Gasteiger partial charge in [0.1, 0.15) is 0 Å². The van der Waals surface area contributed by atoms with Crippen molar-refractivity contribution in [3.8, 4) is 0 Å².